The van der Waals surface area contributed by atoms with Crippen LogP contribution in [0.4, 0.5) is 5.69 Å². The first-order valence-electron chi connectivity index (χ1n) is 6.69. The number of anilines is 1. The number of benzene rings is 1. The summed E-state index contributed by atoms with van der Waals surface area (Å²) in [5, 5.41) is 0. The minimum atomic E-state index is 0.133. The number of nitrogens with two attached hydrogens (primary N) is 1. The van der Waals surface area contributed by atoms with Crippen LogP contribution >= 0.6 is 0 Å². The molecular formula is C15H24N2O2. The van der Waals surface area contributed by atoms with Crippen LogP contribution in [0.2, 0.25) is 0 Å². The molecule has 19 heavy (non-hydrogen) atoms. The summed E-state index contributed by atoms with van der Waals surface area (Å²) in [6.07, 6.45) is 2.42. The predicted molar refractivity (Wildman–Crippen MR) is 78.5 cm³/mol. The molecule has 0 saturated carbocycles. The van der Waals surface area contributed by atoms with E-state index in [1.807, 2.05) is 24.3 Å². The molecule has 0 spiro atoms. The highest BCUT2D eigenvalue weighted by Crippen LogP contribution is 2.19. The highest BCUT2D eigenvalue weighted by Gasteiger charge is 2.12. The summed E-state index contributed by atoms with van der Waals surface area (Å²) in [4.78, 5) is 13.8. The van der Waals surface area contributed by atoms with Gasteiger partial charge in [0.2, 0.25) is 5.91 Å². The zero-order valence-corrected chi connectivity index (χ0v) is 12.1. The number of methoxy groups -OCH3 is 1. The molecule has 1 aromatic carbocycles. The van der Waals surface area contributed by atoms with Crippen LogP contribution in [0.5, 0.6) is 5.75 Å². The second-order valence-electron chi connectivity index (χ2n) is 4.87. The topological polar surface area (TPSA) is 55.6 Å². The first-order valence-corrected chi connectivity index (χ1v) is 6.69. The van der Waals surface area contributed by atoms with Crippen molar-refractivity contribution in [3.63, 3.8) is 0 Å². The van der Waals surface area contributed by atoms with Gasteiger partial charge in [0.05, 0.1) is 7.11 Å². The Balaban J connectivity index is 2.51. The average molecular weight is 264 g/mol. The van der Waals surface area contributed by atoms with E-state index in [4.69, 9.17) is 10.5 Å². The van der Waals surface area contributed by atoms with Gasteiger partial charge in [0, 0.05) is 19.2 Å². The van der Waals surface area contributed by atoms with Gasteiger partial charge in [-0.05, 0) is 49.6 Å². The summed E-state index contributed by atoms with van der Waals surface area (Å²) in [5.41, 5.74) is 6.39. The van der Waals surface area contributed by atoms with Crippen LogP contribution in [-0.4, -0.2) is 26.6 Å². The zero-order valence-electron chi connectivity index (χ0n) is 12.1. The lowest BCUT2D eigenvalue weighted by molar-refractivity contribution is -0.118. The fourth-order valence-electron chi connectivity index (χ4n) is 1.92. The fraction of sp³-hybridized carbons (Fsp3) is 0.533. The normalized spacial score (nSPS) is 12.0. The van der Waals surface area contributed by atoms with Crippen molar-refractivity contribution < 1.29 is 9.53 Å². The van der Waals surface area contributed by atoms with Crippen LogP contribution < -0.4 is 15.4 Å². The van der Waals surface area contributed by atoms with Crippen LogP contribution in [0.1, 0.15) is 26.2 Å². The molecule has 1 atom stereocenters. The Morgan fingerprint density at radius 2 is 1.95 bits per heavy atom. The Bertz CT molecular complexity index is 390. The first-order chi connectivity index (χ1) is 9.08. The van der Waals surface area contributed by atoms with E-state index in [-0.39, 0.29) is 5.91 Å². The van der Waals surface area contributed by atoms with Crippen molar-refractivity contribution in [2.75, 3.05) is 25.6 Å². The summed E-state index contributed by atoms with van der Waals surface area (Å²) in [6.45, 7) is 2.82. The number of carbonyl (C=O) groups excluding carboxylic acids is 1. The van der Waals surface area contributed by atoms with Gasteiger partial charge in [-0.15, -0.1) is 0 Å². The molecular weight excluding hydrogens is 240 g/mol. The van der Waals surface area contributed by atoms with Gasteiger partial charge in [0.15, 0.2) is 0 Å². The van der Waals surface area contributed by atoms with Crippen molar-refractivity contribution in [3.05, 3.63) is 24.3 Å². The lowest BCUT2D eigenvalue weighted by atomic mass is 10.0. The number of ether oxygens (including phenoxy) is 1. The Morgan fingerprint density at radius 3 is 2.47 bits per heavy atom. The van der Waals surface area contributed by atoms with Gasteiger partial charge < -0.3 is 15.4 Å². The lowest BCUT2D eigenvalue weighted by Crippen LogP contribution is -2.26. The Hall–Kier alpha value is -1.55. The van der Waals surface area contributed by atoms with Crippen molar-refractivity contribution in [1.29, 1.82) is 0 Å². The Labute approximate surface area is 115 Å². The first kappa shape index (κ1) is 15.5. The third kappa shape index (κ3) is 4.91. The van der Waals surface area contributed by atoms with Crippen molar-refractivity contribution in [2.24, 2.45) is 11.7 Å². The van der Waals surface area contributed by atoms with Crippen LogP contribution in [0, 0.1) is 5.92 Å². The van der Waals surface area contributed by atoms with E-state index in [1.54, 1.807) is 19.1 Å². The quantitative estimate of drug-likeness (QED) is 0.823. The summed E-state index contributed by atoms with van der Waals surface area (Å²) in [5.74, 6) is 1.42. The van der Waals surface area contributed by atoms with Gasteiger partial charge in [0.1, 0.15) is 5.75 Å². The van der Waals surface area contributed by atoms with E-state index < -0.39 is 0 Å². The molecule has 1 unspecified atom stereocenters. The molecule has 1 amide bonds. The summed E-state index contributed by atoms with van der Waals surface area (Å²) in [7, 11) is 3.43. The molecule has 0 radical (unpaired) electrons. The molecule has 2 N–H and O–H groups in total. The van der Waals surface area contributed by atoms with Crippen molar-refractivity contribution in [1.82, 2.24) is 0 Å². The van der Waals surface area contributed by atoms with Crippen LogP contribution in [-0.2, 0) is 4.79 Å². The molecule has 0 aliphatic rings. The number of carbonyl (C=O) groups is 1. The monoisotopic (exact) mass is 264 g/mol. The van der Waals surface area contributed by atoms with Gasteiger partial charge in [-0.25, -0.2) is 0 Å². The third-order valence-corrected chi connectivity index (χ3v) is 3.34. The largest absolute Gasteiger partial charge is 0.497 e. The van der Waals surface area contributed by atoms with Gasteiger partial charge in [-0.1, -0.05) is 6.92 Å². The van der Waals surface area contributed by atoms with Gasteiger partial charge in [-0.2, -0.15) is 0 Å². The van der Waals surface area contributed by atoms with Crippen molar-refractivity contribution in [2.45, 2.75) is 26.2 Å². The average Bonchev–Trinajstić information content (AvgIpc) is 2.44. The summed E-state index contributed by atoms with van der Waals surface area (Å²) < 4.78 is 5.10. The van der Waals surface area contributed by atoms with Crippen LogP contribution in [0.25, 0.3) is 0 Å². The zero-order chi connectivity index (χ0) is 14.3. The second-order valence-corrected chi connectivity index (χ2v) is 4.87. The second kappa shape index (κ2) is 7.79. The maximum absolute atomic E-state index is 12.1. The van der Waals surface area contributed by atoms with E-state index in [0.29, 0.717) is 18.9 Å². The van der Waals surface area contributed by atoms with Crippen LogP contribution in [0.3, 0.4) is 0 Å². The van der Waals surface area contributed by atoms with Crippen LogP contribution in [0.15, 0.2) is 24.3 Å². The molecule has 0 aliphatic heterocycles. The lowest BCUT2D eigenvalue weighted by Gasteiger charge is -2.18. The number of amides is 1. The molecule has 4 heteroatoms. The minimum absolute atomic E-state index is 0.133. The highest BCUT2D eigenvalue weighted by molar-refractivity contribution is 5.92. The van der Waals surface area contributed by atoms with Gasteiger partial charge in [-0.3, -0.25) is 4.79 Å². The molecule has 0 aliphatic carbocycles. The van der Waals surface area contributed by atoms with E-state index >= 15 is 0 Å². The number of rotatable bonds is 7. The summed E-state index contributed by atoms with van der Waals surface area (Å²) in [6, 6.07) is 7.49. The number of hydrogen-bond acceptors (Lipinski definition) is 3. The van der Waals surface area contributed by atoms with Gasteiger partial charge >= 0.3 is 0 Å². The molecule has 0 saturated heterocycles. The maximum atomic E-state index is 12.1. The Morgan fingerprint density at radius 1 is 1.32 bits per heavy atom. The molecule has 0 bridgehead atoms. The van der Waals surface area contributed by atoms with E-state index in [9.17, 15) is 4.79 Å². The van der Waals surface area contributed by atoms with E-state index in [0.717, 1.165) is 24.3 Å². The van der Waals surface area contributed by atoms with Crippen molar-refractivity contribution in [3.8, 4) is 5.75 Å². The number of nitrogens with zero attached hydrogens (tertiary/aromatic N) is 1. The molecule has 106 valence electrons. The molecule has 1 aromatic rings. The Kier molecular flexibility index (Phi) is 6.36. The highest BCUT2D eigenvalue weighted by atomic mass is 16.5. The predicted octanol–water partition coefficient (Wildman–Crippen LogP) is 2.42. The van der Waals surface area contributed by atoms with E-state index in [1.165, 1.54) is 0 Å². The minimum Gasteiger partial charge on any atom is -0.497 e. The summed E-state index contributed by atoms with van der Waals surface area (Å²) >= 11 is 0. The molecule has 0 fully saturated rings. The SMILES string of the molecule is COc1ccc(N(C)C(=O)CCC(C)CCN)cc1. The molecule has 0 heterocycles. The third-order valence-electron chi connectivity index (χ3n) is 3.34. The fourth-order valence-corrected chi connectivity index (χ4v) is 1.92. The van der Waals surface area contributed by atoms with E-state index in [2.05, 4.69) is 6.92 Å². The van der Waals surface area contributed by atoms with Gasteiger partial charge in [0.25, 0.3) is 0 Å². The number of hydrogen-bond donors (Lipinski definition) is 1. The smallest absolute Gasteiger partial charge is 0.226 e. The standard InChI is InChI=1S/C15H24N2O2/c1-12(10-11-16)4-9-15(18)17(2)13-5-7-14(19-3)8-6-13/h5-8,12H,4,9-11,16H2,1-3H3. The maximum Gasteiger partial charge on any atom is 0.226 e. The molecule has 1 rings (SSSR count). The molecule has 4 nitrogen and oxygen atoms in total. The van der Waals surface area contributed by atoms with Crippen molar-refractivity contribution >= 4 is 11.6 Å². The molecule has 0 aromatic heterocycles.